The van der Waals surface area contributed by atoms with Crippen molar-refractivity contribution in [1.29, 1.82) is 0 Å². The average molecular weight is 347 g/mol. The Labute approximate surface area is 90.0 Å². The Balaban J connectivity index is 0.00000144. The molecule has 0 amide bonds. The van der Waals surface area contributed by atoms with E-state index >= 15 is 0 Å². The molecule has 0 aromatic heterocycles. The van der Waals surface area contributed by atoms with Crippen molar-refractivity contribution < 1.29 is 30.7 Å². The molecule has 4 nitrogen and oxygen atoms in total. The second-order valence-electron chi connectivity index (χ2n) is 2.02. The number of hydrogen-bond acceptors (Lipinski definition) is 3. The van der Waals surface area contributed by atoms with Gasteiger partial charge in [0.1, 0.15) is 0 Å². The zero-order valence-corrected chi connectivity index (χ0v) is 9.57. The zero-order valence-electron chi connectivity index (χ0n) is 6.64. The molecule has 1 aromatic carbocycles. The molecule has 2 N–H and O–H groups in total. The van der Waals surface area contributed by atoms with Crippen LogP contribution in [0.25, 0.3) is 0 Å². The predicted octanol–water partition coefficient (Wildman–Crippen LogP) is 0.388. The number of benzene rings is 1. The minimum absolute atomic E-state index is 0. The first kappa shape index (κ1) is 11.8. The van der Waals surface area contributed by atoms with E-state index in [2.05, 4.69) is 9.99 Å². The Morgan fingerprint density at radius 3 is 2.54 bits per heavy atom. The number of amidine groups is 1. The minimum Gasteiger partial charge on any atom is -0.524 e. The Kier molecular flexibility index (Phi) is 5.81. The number of rotatable bonds is 3. The normalized spacial score (nSPS) is 10.0. The summed E-state index contributed by atoms with van der Waals surface area (Å²) in [7, 11) is 0. The van der Waals surface area contributed by atoms with Gasteiger partial charge >= 0.3 is 0 Å². The molecule has 0 aliphatic carbocycles. The zero-order chi connectivity index (χ0) is 8.81. The number of hydrogen-bond donors (Lipinski definition) is 1. The summed E-state index contributed by atoms with van der Waals surface area (Å²) < 4.78 is 0. The topological polar surface area (TPSA) is 64.7 Å². The van der Waals surface area contributed by atoms with Gasteiger partial charge in [-0.05, 0) is 6.47 Å². The van der Waals surface area contributed by atoms with E-state index in [0.29, 0.717) is 5.56 Å². The molecule has 0 bridgehead atoms. The van der Waals surface area contributed by atoms with Crippen LogP contribution < -0.4 is 5.73 Å². The predicted molar refractivity (Wildman–Crippen MR) is 43.9 cm³/mol. The molecule has 0 fully saturated rings. The maximum Gasteiger partial charge on any atom is 0.167 e. The van der Waals surface area contributed by atoms with E-state index in [0.717, 1.165) is 6.47 Å². The molecule has 0 aliphatic rings. The molecule has 0 heterocycles. The molecule has 68 valence electrons. The molecule has 0 saturated carbocycles. The summed E-state index contributed by atoms with van der Waals surface area (Å²) in [5.74, 6) is 0.152. The summed E-state index contributed by atoms with van der Waals surface area (Å²) in [5, 5.41) is 3.28. The maximum atomic E-state index is 9.63. The third-order valence-electron chi connectivity index (χ3n) is 1.25. The van der Waals surface area contributed by atoms with Crippen molar-refractivity contribution in [3.63, 3.8) is 0 Å². The fraction of sp³-hybridized carbons (Fsp3) is 0. The summed E-state index contributed by atoms with van der Waals surface area (Å²) in [6, 6.07) is 8.98. The second-order valence-corrected chi connectivity index (χ2v) is 2.02. The van der Waals surface area contributed by atoms with Gasteiger partial charge in [-0.25, -0.2) is 0 Å². The number of carbonyl (C=O) groups excluding carboxylic acids is 1. The van der Waals surface area contributed by atoms with Crippen molar-refractivity contribution in [3.8, 4) is 0 Å². The van der Waals surface area contributed by atoms with Crippen LogP contribution in [-0.4, -0.2) is 12.3 Å². The number of nitrogens with zero attached hydrogens (tertiary/aromatic N) is 1. The van der Waals surface area contributed by atoms with Crippen LogP contribution in [0, 0.1) is 0 Å². The molecule has 0 spiro atoms. The molecule has 1 aromatic rings. The van der Waals surface area contributed by atoms with E-state index in [4.69, 9.17) is 5.73 Å². The van der Waals surface area contributed by atoms with Crippen LogP contribution in [0.1, 0.15) is 5.56 Å². The van der Waals surface area contributed by atoms with Gasteiger partial charge in [0, 0.05) is 26.6 Å². The third kappa shape index (κ3) is 3.85. The summed E-state index contributed by atoms with van der Waals surface area (Å²) in [4.78, 5) is 13.6. The third-order valence-corrected chi connectivity index (χ3v) is 1.25. The van der Waals surface area contributed by atoms with Crippen molar-refractivity contribution in [2.75, 3.05) is 0 Å². The van der Waals surface area contributed by atoms with Gasteiger partial charge in [0.05, 0.1) is 0 Å². The Morgan fingerprint density at radius 2 is 2.00 bits per heavy atom. The van der Waals surface area contributed by atoms with Gasteiger partial charge in [-0.1, -0.05) is 35.5 Å². The number of oxime groups is 1. The van der Waals surface area contributed by atoms with E-state index in [1.54, 1.807) is 12.1 Å². The Morgan fingerprint density at radius 1 is 1.38 bits per heavy atom. The fourth-order valence-electron chi connectivity index (χ4n) is 0.729. The minimum atomic E-state index is 0. The maximum absolute atomic E-state index is 9.63. The van der Waals surface area contributed by atoms with Crippen molar-refractivity contribution in [1.82, 2.24) is 0 Å². The van der Waals surface area contributed by atoms with Crippen LogP contribution in [0.5, 0.6) is 0 Å². The smallest absolute Gasteiger partial charge is 0.167 e. The van der Waals surface area contributed by atoms with Crippen LogP contribution in [0.2, 0.25) is 0 Å². The van der Waals surface area contributed by atoms with E-state index in [9.17, 15) is 4.79 Å². The van der Waals surface area contributed by atoms with Crippen molar-refractivity contribution in [3.05, 3.63) is 35.9 Å². The van der Waals surface area contributed by atoms with Gasteiger partial charge in [0.2, 0.25) is 0 Å². The van der Waals surface area contributed by atoms with Crippen LogP contribution in [0.15, 0.2) is 35.5 Å². The standard InChI is InChI=1S/C8H7N2O2.W/c9-8(10-12-6-11)7-4-2-1-3-5-7;/h1-5H,(H2,9,10);/q-1;. The monoisotopic (exact) mass is 347 g/mol. The first-order valence-corrected chi connectivity index (χ1v) is 3.26. The molecule has 0 unspecified atom stereocenters. The molecule has 0 atom stereocenters. The van der Waals surface area contributed by atoms with Crippen LogP contribution in [0.3, 0.4) is 0 Å². The summed E-state index contributed by atoms with van der Waals surface area (Å²) in [6.45, 7) is 1.15. The van der Waals surface area contributed by atoms with Gasteiger partial charge in [-0.15, -0.1) is 0 Å². The van der Waals surface area contributed by atoms with Crippen molar-refractivity contribution in [2.45, 2.75) is 0 Å². The quantitative estimate of drug-likeness (QED) is 0.283. The molecule has 5 heteroatoms. The van der Waals surface area contributed by atoms with Crippen LogP contribution in [0.4, 0.5) is 0 Å². The van der Waals surface area contributed by atoms with E-state index in [-0.39, 0.29) is 26.9 Å². The van der Waals surface area contributed by atoms with Gasteiger partial charge in [0.25, 0.3) is 0 Å². The second kappa shape index (κ2) is 6.37. The summed E-state index contributed by atoms with van der Waals surface area (Å²) >= 11 is 0. The van der Waals surface area contributed by atoms with Gasteiger partial charge in [0.15, 0.2) is 5.84 Å². The van der Waals surface area contributed by atoms with Crippen molar-refractivity contribution >= 4 is 12.3 Å². The Bertz CT molecular complexity index is 287. The van der Waals surface area contributed by atoms with Gasteiger partial charge < -0.3 is 15.4 Å². The van der Waals surface area contributed by atoms with Crippen LogP contribution >= 0.6 is 0 Å². The number of nitrogens with two attached hydrogens (primary N) is 1. The molecule has 0 saturated heterocycles. The molecule has 0 radical (unpaired) electrons. The molecule has 0 aliphatic heterocycles. The fourth-order valence-corrected chi connectivity index (χ4v) is 0.729. The Hall–Kier alpha value is -1.15. The van der Waals surface area contributed by atoms with E-state index < -0.39 is 0 Å². The summed E-state index contributed by atoms with van der Waals surface area (Å²) in [6.07, 6.45) is 0. The van der Waals surface area contributed by atoms with E-state index in [1.807, 2.05) is 18.2 Å². The first-order chi connectivity index (χ1) is 5.84. The summed E-state index contributed by atoms with van der Waals surface area (Å²) in [5.41, 5.74) is 6.13. The molecular formula is C8H7N2O2W-. The SMILES string of the molecule is N/C(=N\O[C-]=O)c1ccccc1.[W]. The molecule has 13 heavy (non-hydrogen) atoms. The van der Waals surface area contributed by atoms with Crippen LogP contribution in [-0.2, 0) is 30.7 Å². The first-order valence-electron chi connectivity index (χ1n) is 3.26. The largest absolute Gasteiger partial charge is 0.524 e. The van der Waals surface area contributed by atoms with E-state index in [1.165, 1.54) is 0 Å². The molecular weight excluding hydrogens is 340 g/mol. The molecule has 1 rings (SSSR count). The van der Waals surface area contributed by atoms with Gasteiger partial charge in [-0.2, -0.15) is 0 Å². The average Bonchev–Trinajstić information content (AvgIpc) is 2.15. The van der Waals surface area contributed by atoms with Gasteiger partial charge in [-0.3, -0.25) is 0 Å². The van der Waals surface area contributed by atoms with Crippen molar-refractivity contribution in [2.24, 2.45) is 10.9 Å².